The van der Waals surface area contributed by atoms with Gasteiger partial charge in [-0.25, -0.2) is 4.98 Å². The lowest BCUT2D eigenvalue weighted by molar-refractivity contribution is 0.564. The number of benzene rings is 1. The molecule has 1 heterocycles. The van der Waals surface area contributed by atoms with Crippen LogP contribution in [-0.2, 0) is 6.54 Å². The van der Waals surface area contributed by atoms with Gasteiger partial charge in [-0.2, -0.15) is 0 Å². The summed E-state index contributed by atoms with van der Waals surface area (Å²) in [6, 6.07) is 10.7. The maximum absolute atomic E-state index is 4.28. The van der Waals surface area contributed by atoms with E-state index >= 15 is 0 Å². The lowest BCUT2D eigenvalue weighted by Crippen LogP contribution is -2.18. The van der Waals surface area contributed by atoms with Crippen molar-refractivity contribution in [3.63, 3.8) is 0 Å². The van der Waals surface area contributed by atoms with Gasteiger partial charge in [-0.3, -0.25) is 0 Å². The lowest BCUT2D eigenvalue weighted by atomic mass is 10.2. The Labute approximate surface area is 94.0 Å². The van der Waals surface area contributed by atoms with Crippen molar-refractivity contribution in [2.24, 2.45) is 0 Å². The molecule has 0 aliphatic rings. The Hall–Kier alpha value is -1.19. The summed E-state index contributed by atoms with van der Waals surface area (Å²) in [5.41, 5.74) is 4.30. The van der Waals surface area contributed by atoms with E-state index in [-0.39, 0.29) is 0 Å². The summed E-state index contributed by atoms with van der Waals surface area (Å²) in [6.45, 7) is 3.03. The number of nitrogens with one attached hydrogen (secondary N) is 1. The summed E-state index contributed by atoms with van der Waals surface area (Å²) in [6.07, 6.45) is 0. The highest BCUT2D eigenvalue weighted by Gasteiger charge is 2.05. The third-order valence-electron chi connectivity index (χ3n) is 2.35. The number of nitrogens with zero attached hydrogens (tertiary/aromatic N) is 1. The van der Waals surface area contributed by atoms with Crippen molar-refractivity contribution in [1.82, 2.24) is 10.3 Å². The summed E-state index contributed by atoms with van der Waals surface area (Å²) in [7, 11) is 0. The van der Waals surface area contributed by atoms with E-state index in [4.69, 9.17) is 0 Å². The third kappa shape index (κ3) is 2.88. The first-order chi connectivity index (χ1) is 7.36. The van der Waals surface area contributed by atoms with Crippen LogP contribution in [0.4, 0.5) is 0 Å². The molecule has 1 atom stereocenters. The molecule has 0 saturated heterocycles. The summed E-state index contributed by atoms with van der Waals surface area (Å²) >= 11 is 1.64. The largest absolute Gasteiger partial charge is 0.305 e. The lowest BCUT2D eigenvalue weighted by Gasteiger charge is -2.11. The maximum atomic E-state index is 4.28. The quantitative estimate of drug-likeness (QED) is 0.853. The molecule has 3 heteroatoms. The van der Waals surface area contributed by atoms with Crippen molar-refractivity contribution in [3.05, 3.63) is 52.5 Å². The molecule has 0 aliphatic heterocycles. The molecule has 0 fully saturated rings. The van der Waals surface area contributed by atoms with Gasteiger partial charge in [0.05, 0.1) is 11.2 Å². The molecular weight excluding hydrogens is 204 g/mol. The van der Waals surface area contributed by atoms with Crippen molar-refractivity contribution in [1.29, 1.82) is 0 Å². The van der Waals surface area contributed by atoms with E-state index in [0.29, 0.717) is 6.04 Å². The molecule has 0 aliphatic carbocycles. The van der Waals surface area contributed by atoms with Crippen LogP contribution < -0.4 is 5.32 Å². The van der Waals surface area contributed by atoms with Gasteiger partial charge in [-0.15, -0.1) is 11.3 Å². The van der Waals surface area contributed by atoms with Gasteiger partial charge in [0.25, 0.3) is 0 Å². The van der Waals surface area contributed by atoms with Crippen molar-refractivity contribution < 1.29 is 0 Å². The monoisotopic (exact) mass is 218 g/mol. The average molecular weight is 218 g/mol. The second-order valence-electron chi connectivity index (χ2n) is 3.50. The number of thiazole rings is 1. The summed E-state index contributed by atoms with van der Waals surface area (Å²) in [4.78, 5) is 4.28. The van der Waals surface area contributed by atoms with Crippen LogP contribution in [-0.4, -0.2) is 4.98 Å². The van der Waals surface area contributed by atoms with Gasteiger partial charge in [0.2, 0.25) is 0 Å². The van der Waals surface area contributed by atoms with Crippen LogP contribution in [0.2, 0.25) is 0 Å². The molecule has 2 nitrogen and oxygen atoms in total. The van der Waals surface area contributed by atoms with E-state index < -0.39 is 0 Å². The van der Waals surface area contributed by atoms with E-state index in [0.717, 1.165) is 12.2 Å². The molecule has 1 aromatic carbocycles. The highest BCUT2D eigenvalue weighted by Crippen LogP contribution is 2.12. The van der Waals surface area contributed by atoms with E-state index in [9.17, 15) is 0 Å². The first kappa shape index (κ1) is 10.3. The SMILES string of the molecule is CC(NCc1ccccc1)c1cscn1. The van der Waals surface area contributed by atoms with Crippen molar-refractivity contribution in [3.8, 4) is 0 Å². The van der Waals surface area contributed by atoms with Gasteiger partial charge >= 0.3 is 0 Å². The number of rotatable bonds is 4. The van der Waals surface area contributed by atoms with Crippen LogP contribution in [0.25, 0.3) is 0 Å². The Morgan fingerprint density at radius 3 is 2.80 bits per heavy atom. The molecule has 1 N–H and O–H groups in total. The van der Waals surface area contributed by atoms with Crippen LogP contribution >= 0.6 is 11.3 Å². The fourth-order valence-corrected chi connectivity index (χ4v) is 2.05. The predicted octanol–water partition coefficient (Wildman–Crippen LogP) is 2.99. The van der Waals surface area contributed by atoms with E-state index in [1.807, 2.05) is 11.6 Å². The Balaban J connectivity index is 1.89. The molecule has 0 spiro atoms. The molecule has 2 rings (SSSR count). The molecule has 0 radical (unpaired) electrons. The van der Waals surface area contributed by atoms with Gasteiger partial charge in [0, 0.05) is 18.0 Å². The summed E-state index contributed by atoms with van der Waals surface area (Å²) < 4.78 is 0. The van der Waals surface area contributed by atoms with Crippen LogP contribution in [0.15, 0.2) is 41.2 Å². The van der Waals surface area contributed by atoms with Crippen LogP contribution in [0.5, 0.6) is 0 Å². The second-order valence-corrected chi connectivity index (χ2v) is 4.22. The second kappa shape index (κ2) is 5.05. The minimum absolute atomic E-state index is 0.316. The molecule has 78 valence electrons. The Morgan fingerprint density at radius 1 is 1.33 bits per heavy atom. The maximum Gasteiger partial charge on any atom is 0.0795 e. The third-order valence-corrected chi connectivity index (χ3v) is 2.95. The van der Waals surface area contributed by atoms with Crippen molar-refractivity contribution >= 4 is 11.3 Å². The zero-order chi connectivity index (χ0) is 10.5. The van der Waals surface area contributed by atoms with Crippen LogP contribution in [0.3, 0.4) is 0 Å². The van der Waals surface area contributed by atoms with Crippen molar-refractivity contribution in [2.75, 3.05) is 0 Å². The highest BCUT2D eigenvalue weighted by atomic mass is 32.1. The fraction of sp³-hybridized carbons (Fsp3) is 0.250. The average Bonchev–Trinajstić information content (AvgIpc) is 2.81. The molecule has 1 unspecified atom stereocenters. The summed E-state index contributed by atoms with van der Waals surface area (Å²) in [5.74, 6) is 0. The van der Waals surface area contributed by atoms with E-state index in [2.05, 4.69) is 46.9 Å². The zero-order valence-electron chi connectivity index (χ0n) is 8.68. The Bertz CT molecular complexity index is 383. The molecular formula is C12H14N2S. The van der Waals surface area contributed by atoms with Crippen molar-refractivity contribution in [2.45, 2.75) is 19.5 Å². The number of aromatic nitrogens is 1. The molecule has 1 aromatic heterocycles. The Kier molecular flexibility index (Phi) is 3.48. The fourth-order valence-electron chi connectivity index (χ4n) is 1.41. The normalized spacial score (nSPS) is 12.6. The standard InChI is InChI=1S/C12H14N2S/c1-10(12-8-15-9-14-12)13-7-11-5-3-2-4-6-11/h2-6,8-10,13H,7H2,1H3. The Morgan fingerprint density at radius 2 is 2.13 bits per heavy atom. The molecule has 0 saturated carbocycles. The molecule has 0 amide bonds. The van der Waals surface area contributed by atoms with E-state index in [1.165, 1.54) is 5.56 Å². The first-order valence-corrected chi connectivity index (χ1v) is 5.96. The molecule has 0 bridgehead atoms. The number of hydrogen-bond acceptors (Lipinski definition) is 3. The minimum atomic E-state index is 0.316. The minimum Gasteiger partial charge on any atom is -0.305 e. The van der Waals surface area contributed by atoms with Crippen LogP contribution in [0.1, 0.15) is 24.2 Å². The predicted molar refractivity (Wildman–Crippen MR) is 63.8 cm³/mol. The topological polar surface area (TPSA) is 24.9 Å². The van der Waals surface area contributed by atoms with Gasteiger partial charge < -0.3 is 5.32 Å². The van der Waals surface area contributed by atoms with Gasteiger partial charge in [-0.05, 0) is 12.5 Å². The molecule has 15 heavy (non-hydrogen) atoms. The highest BCUT2D eigenvalue weighted by molar-refractivity contribution is 7.07. The van der Waals surface area contributed by atoms with E-state index in [1.54, 1.807) is 11.3 Å². The molecule has 2 aromatic rings. The first-order valence-electron chi connectivity index (χ1n) is 5.01. The van der Waals surface area contributed by atoms with Crippen LogP contribution in [0, 0.1) is 0 Å². The summed E-state index contributed by atoms with van der Waals surface area (Å²) in [5, 5.41) is 5.53. The zero-order valence-corrected chi connectivity index (χ0v) is 9.50. The smallest absolute Gasteiger partial charge is 0.0795 e. The number of hydrogen-bond donors (Lipinski definition) is 1. The van der Waals surface area contributed by atoms with Gasteiger partial charge in [-0.1, -0.05) is 30.3 Å². The van der Waals surface area contributed by atoms with Gasteiger partial charge in [0.15, 0.2) is 0 Å². The van der Waals surface area contributed by atoms with Gasteiger partial charge in [0.1, 0.15) is 0 Å².